The monoisotopic (exact) mass is 301 g/mol. The number of ether oxygens (including phenoxy) is 1. The Kier molecular flexibility index (Phi) is 4.41. The second-order valence-corrected chi connectivity index (χ2v) is 4.95. The second kappa shape index (κ2) is 5.93. The Morgan fingerprint density at radius 3 is 2.67 bits per heavy atom. The van der Waals surface area contributed by atoms with Crippen LogP contribution in [0.15, 0.2) is 18.2 Å². The summed E-state index contributed by atoms with van der Waals surface area (Å²) in [5.41, 5.74) is 6.69. The molecular weight excluding hydrogens is 283 g/mol. The molecule has 0 radical (unpaired) electrons. The molecule has 0 aliphatic heterocycles. The fourth-order valence-electron chi connectivity index (χ4n) is 2.50. The average molecular weight is 301 g/mol. The molecule has 1 heterocycles. The van der Waals surface area contributed by atoms with Crippen molar-refractivity contribution in [3.63, 3.8) is 0 Å². The van der Waals surface area contributed by atoms with Gasteiger partial charge in [0.25, 0.3) is 0 Å². The summed E-state index contributed by atoms with van der Waals surface area (Å²) in [6, 6.07) is 4.20. The van der Waals surface area contributed by atoms with Crippen LogP contribution in [0.4, 0.5) is 18.9 Å². The van der Waals surface area contributed by atoms with Crippen molar-refractivity contribution in [2.45, 2.75) is 32.0 Å². The van der Waals surface area contributed by atoms with Gasteiger partial charge >= 0.3 is 6.18 Å². The molecule has 4 nitrogen and oxygen atoms in total. The highest BCUT2D eigenvalue weighted by molar-refractivity contribution is 5.80. The molecule has 1 aromatic carbocycles. The lowest BCUT2D eigenvalue weighted by atomic mass is 10.1. The van der Waals surface area contributed by atoms with Crippen LogP contribution >= 0.6 is 0 Å². The number of halogens is 3. The van der Waals surface area contributed by atoms with E-state index in [2.05, 4.69) is 4.98 Å². The molecule has 0 aliphatic carbocycles. The fourth-order valence-corrected chi connectivity index (χ4v) is 2.50. The molecule has 0 bridgehead atoms. The zero-order valence-electron chi connectivity index (χ0n) is 11.9. The van der Waals surface area contributed by atoms with Crippen LogP contribution in [0.2, 0.25) is 0 Å². The standard InChI is InChI=1S/C14H18F3N3O/c1-3-4-10(8-21-2)20-12-6-5-9(18)7-11(12)19-13(20)14(15,16)17/h5-7,10H,3-4,8,18H2,1-2H3. The minimum atomic E-state index is -4.52. The van der Waals surface area contributed by atoms with E-state index in [9.17, 15) is 13.2 Å². The van der Waals surface area contributed by atoms with E-state index >= 15 is 0 Å². The Labute approximate surface area is 120 Å². The van der Waals surface area contributed by atoms with Crippen molar-refractivity contribution in [1.82, 2.24) is 9.55 Å². The maximum atomic E-state index is 13.3. The third-order valence-electron chi connectivity index (χ3n) is 3.31. The minimum absolute atomic E-state index is 0.201. The quantitative estimate of drug-likeness (QED) is 0.858. The lowest BCUT2D eigenvalue weighted by Crippen LogP contribution is -2.22. The van der Waals surface area contributed by atoms with Gasteiger partial charge in [0, 0.05) is 12.8 Å². The van der Waals surface area contributed by atoms with Crippen LogP contribution < -0.4 is 5.73 Å². The maximum absolute atomic E-state index is 13.3. The van der Waals surface area contributed by atoms with Gasteiger partial charge in [0.2, 0.25) is 5.82 Å². The van der Waals surface area contributed by atoms with Crippen LogP contribution in [0.5, 0.6) is 0 Å². The van der Waals surface area contributed by atoms with E-state index in [0.717, 1.165) is 6.42 Å². The Hall–Kier alpha value is -1.76. The van der Waals surface area contributed by atoms with E-state index in [1.54, 1.807) is 12.1 Å². The van der Waals surface area contributed by atoms with Gasteiger partial charge in [0.1, 0.15) is 0 Å². The van der Waals surface area contributed by atoms with Gasteiger partial charge in [0.05, 0.1) is 23.7 Å². The van der Waals surface area contributed by atoms with Gasteiger partial charge in [0.15, 0.2) is 0 Å². The number of anilines is 1. The Morgan fingerprint density at radius 2 is 2.10 bits per heavy atom. The van der Waals surface area contributed by atoms with Crippen molar-refractivity contribution in [1.29, 1.82) is 0 Å². The highest BCUT2D eigenvalue weighted by atomic mass is 19.4. The van der Waals surface area contributed by atoms with Gasteiger partial charge in [-0.3, -0.25) is 0 Å². The number of nitrogens with zero attached hydrogens (tertiary/aromatic N) is 2. The van der Waals surface area contributed by atoms with Gasteiger partial charge in [-0.05, 0) is 24.6 Å². The minimum Gasteiger partial charge on any atom is -0.399 e. The van der Waals surface area contributed by atoms with Crippen molar-refractivity contribution in [3.05, 3.63) is 24.0 Å². The van der Waals surface area contributed by atoms with Gasteiger partial charge in [-0.15, -0.1) is 0 Å². The molecule has 21 heavy (non-hydrogen) atoms. The van der Waals surface area contributed by atoms with Gasteiger partial charge in [-0.1, -0.05) is 13.3 Å². The van der Waals surface area contributed by atoms with E-state index in [-0.39, 0.29) is 12.1 Å². The third-order valence-corrected chi connectivity index (χ3v) is 3.31. The number of hydrogen-bond acceptors (Lipinski definition) is 3. The van der Waals surface area contributed by atoms with Gasteiger partial charge < -0.3 is 15.0 Å². The van der Waals surface area contributed by atoms with Crippen LogP contribution in [0, 0.1) is 0 Å². The molecule has 2 rings (SSSR count). The van der Waals surface area contributed by atoms with Crippen molar-refractivity contribution in [2.24, 2.45) is 0 Å². The van der Waals surface area contributed by atoms with Crippen LogP contribution in [-0.2, 0) is 10.9 Å². The number of aromatic nitrogens is 2. The summed E-state index contributed by atoms with van der Waals surface area (Å²) in [6.45, 7) is 2.12. The molecule has 0 fully saturated rings. The lowest BCUT2D eigenvalue weighted by molar-refractivity contribution is -0.148. The summed E-state index contributed by atoms with van der Waals surface area (Å²) in [5, 5.41) is 0. The SMILES string of the molecule is CCCC(COC)n1c(C(F)(F)F)nc2cc(N)ccc21. The second-order valence-electron chi connectivity index (χ2n) is 4.95. The number of fused-ring (bicyclic) bond motifs is 1. The van der Waals surface area contributed by atoms with E-state index in [1.165, 1.54) is 17.7 Å². The molecule has 1 aromatic heterocycles. The van der Waals surface area contributed by atoms with Crippen molar-refractivity contribution in [3.8, 4) is 0 Å². The number of hydrogen-bond donors (Lipinski definition) is 1. The van der Waals surface area contributed by atoms with E-state index < -0.39 is 18.0 Å². The Balaban J connectivity index is 2.67. The molecule has 0 saturated heterocycles. The summed E-state index contributed by atoms with van der Waals surface area (Å²) in [5.74, 6) is -0.904. The highest BCUT2D eigenvalue weighted by Crippen LogP contribution is 2.35. The maximum Gasteiger partial charge on any atom is 0.449 e. The van der Waals surface area contributed by atoms with E-state index in [0.29, 0.717) is 17.6 Å². The van der Waals surface area contributed by atoms with Gasteiger partial charge in [-0.25, -0.2) is 4.98 Å². The van der Waals surface area contributed by atoms with E-state index in [1.807, 2.05) is 6.92 Å². The normalized spacial score (nSPS) is 13.8. The molecule has 1 unspecified atom stereocenters. The number of methoxy groups -OCH3 is 1. The molecule has 2 aromatic rings. The number of alkyl halides is 3. The molecule has 116 valence electrons. The summed E-state index contributed by atoms with van der Waals surface area (Å²) < 4.78 is 46.1. The Bertz CT molecular complexity index is 616. The summed E-state index contributed by atoms with van der Waals surface area (Å²) in [7, 11) is 1.48. The van der Waals surface area contributed by atoms with Crippen molar-refractivity contribution in [2.75, 3.05) is 19.5 Å². The van der Waals surface area contributed by atoms with Crippen LogP contribution in [-0.4, -0.2) is 23.3 Å². The van der Waals surface area contributed by atoms with Crippen LogP contribution in [0.25, 0.3) is 11.0 Å². The van der Waals surface area contributed by atoms with Crippen LogP contribution in [0.3, 0.4) is 0 Å². The molecule has 7 heteroatoms. The fraction of sp³-hybridized carbons (Fsp3) is 0.500. The number of nitrogens with two attached hydrogens (primary N) is 1. The molecule has 0 amide bonds. The predicted octanol–water partition coefficient (Wildman–Crippen LogP) is 3.62. The third kappa shape index (κ3) is 3.12. The first kappa shape index (κ1) is 15.6. The van der Waals surface area contributed by atoms with Crippen molar-refractivity contribution >= 4 is 16.7 Å². The Morgan fingerprint density at radius 1 is 1.38 bits per heavy atom. The smallest absolute Gasteiger partial charge is 0.399 e. The van der Waals surface area contributed by atoms with Crippen LogP contribution in [0.1, 0.15) is 31.6 Å². The topological polar surface area (TPSA) is 53.1 Å². The largest absolute Gasteiger partial charge is 0.449 e. The number of imidazole rings is 1. The van der Waals surface area contributed by atoms with E-state index in [4.69, 9.17) is 10.5 Å². The first-order chi connectivity index (χ1) is 9.88. The number of nitrogen functional groups attached to an aromatic ring is 1. The zero-order valence-corrected chi connectivity index (χ0v) is 11.9. The molecule has 0 saturated carbocycles. The first-order valence-electron chi connectivity index (χ1n) is 6.72. The lowest BCUT2D eigenvalue weighted by Gasteiger charge is -2.21. The summed E-state index contributed by atoms with van der Waals surface area (Å²) in [4.78, 5) is 3.73. The predicted molar refractivity (Wildman–Crippen MR) is 75.0 cm³/mol. The molecule has 0 spiro atoms. The molecule has 2 N–H and O–H groups in total. The summed E-state index contributed by atoms with van der Waals surface area (Å²) >= 11 is 0. The zero-order chi connectivity index (χ0) is 15.6. The first-order valence-corrected chi connectivity index (χ1v) is 6.72. The number of rotatable bonds is 5. The molecule has 1 atom stereocenters. The number of benzene rings is 1. The summed E-state index contributed by atoms with van der Waals surface area (Å²) in [6.07, 6.45) is -3.19. The van der Waals surface area contributed by atoms with Crippen molar-refractivity contribution < 1.29 is 17.9 Å². The molecule has 0 aliphatic rings. The van der Waals surface area contributed by atoms with Gasteiger partial charge in [-0.2, -0.15) is 13.2 Å². The average Bonchev–Trinajstić information content (AvgIpc) is 2.76. The highest BCUT2D eigenvalue weighted by Gasteiger charge is 2.39. The molecular formula is C14H18F3N3O.